The van der Waals surface area contributed by atoms with Gasteiger partial charge >= 0.3 is 0 Å². The highest BCUT2D eigenvalue weighted by Crippen LogP contribution is 2.40. The standard InChI is InChI=1S/C19H38N2/c1-5-8-16-9-7-14-21(15-11-16)17-10-12-19(3,4)18(17)20-13-6-2/h16-18,20H,5-15H2,1-4H3. The topological polar surface area (TPSA) is 15.3 Å². The predicted molar refractivity (Wildman–Crippen MR) is 92.7 cm³/mol. The van der Waals surface area contributed by atoms with Crippen LogP contribution in [-0.2, 0) is 0 Å². The molecule has 2 nitrogen and oxygen atoms in total. The van der Waals surface area contributed by atoms with Crippen molar-refractivity contribution < 1.29 is 0 Å². The lowest BCUT2D eigenvalue weighted by atomic mass is 9.86. The van der Waals surface area contributed by atoms with Crippen LogP contribution in [0, 0.1) is 11.3 Å². The van der Waals surface area contributed by atoms with Crippen LogP contribution in [0.1, 0.15) is 79.1 Å². The predicted octanol–water partition coefficient (Wildman–Crippen LogP) is 4.45. The molecule has 2 fully saturated rings. The summed E-state index contributed by atoms with van der Waals surface area (Å²) in [6, 6.07) is 1.48. The van der Waals surface area contributed by atoms with Crippen LogP contribution in [0.25, 0.3) is 0 Å². The Balaban J connectivity index is 1.95. The smallest absolute Gasteiger partial charge is 0.0274 e. The molecule has 21 heavy (non-hydrogen) atoms. The van der Waals surface area contributed by atoms with Crippen molar-refractivity contribution in [1.29, 1.82) is 0 Å². The Morgan fingerprint density at radius 1 is 1.05 bits per heavy atom. The van der Waals surface area contributed by atoms with Crippen LogP contribution in [-0.4, -0.2) is 36.6 Å². The Bertz CT molecular complexity index is 300. The zero-order valence-corrected chi connectivity index (χ0v) is 15.0. The normalized spacial score (nSPS) is 34.0. The first-order valence-electron chi connectivity index (χ1n) is 9.56. The minimum Gasteiger partial charge on any atom is -0.312 e. The Morgan fingerprint density at radius 2 is 1.86 bits per heavy atom. The lowest BCUT2D eigenvalue weighted by Gasteiger charge is -2.37. The lowest BCUT2D eigenvalue weighted by Crippen LogP contribution is -2.52. The Labute approximate surface area is 133 Å². The molecule has 1 N–H and O–H groups in total. The Hall–Kier alpha value is -0.0800. The number of nitrogens with zero attached hydrogens (tertiary/aromatic N) is 1. The Kier molecular flexibility index (Phi) is 6.55. The average Bonchev–Trinajstić information content (AvgIpc) is 2.63. The van der Waals surface area contributed by atoms with E-state index in [1.807, 2.05) is 0 Å². The third-order valence-electron chi connectivity index (χ3n) is 5.97. The summed E-state index contributed by atoms with van der Waals surface area (Å²) in [5.41, 5.74) is 0.467. The third kappa shape index (κ3) is 4.45. The molecular weight excluding hydrogens is 256 g/mol. The van der Waals surface area contributed by atoms with Crippen molar-refractivity contribution in [2.24, 2.45) is 11.3 Å². The zero-order chi connectivity index (χ0) is 15.3. The first-order valence-corrected chi connectivity index (χ1v) is 9.56. The van der Waals surface area contributed by atoms with E-state index in [0.29, 0.717) is 11.5 Å². The van der Waals surface area contributed by atoms with Gasteiger partial charge < -0.3 is 5.32 Å². The summed E-state index contributed by atoms with van der Waals surface area (Å²) in [4.78, 5) is 2.84. The van der Waals surface area contributed by atoms with E-state index in [0.717, 1.165) is 12.0 Å². The average molecular weight is 295 g/mol. The molecule has 1 aliphatic heterocycles. The molecule has 1 saturated carbocycles. The van der Waals surface area contributed by atoms with E-state index in [4.69, 9.17) is 0 Å². The van der Waals surface area contributed by atoms with Crippen LogP contribution < -0.4 is 5.32 Å². The largest absolute Gasteiger partial charge is 0.312 e. The monoisotopic (exact) mass is 294 g/mol. The van der Waals surface area contributed by atoms with E-state index in [9.17, 15) is 0 Å². The van der Waals surface area contributed by atoms with E-state index >= 15 is 0 Å². The van der Waals surface area contributed by atoms with Crippen molar-refractivity contribution in [1.82, 2.24) is 10.2 Å². The summed E-state index contributed by atoms with van der Waals surface area (Å²) in [6.07, 6.45) is 11.2. The van der Waals surface area contributed by atoms with E-state index in [2.05, 4.69) is 37.9 Å². The maximum atomic E-state index is 3.88. The van der Waals surface area contributed by atoms with Crippen LogP contribution in [0.15, 0.2) is 0 Å². The summed E-state index contributed by atoms with van der Waals surface area (Å²) in [7, 11) is 0. The molecule has 0 aromatic heterocycles. The first kappa shape index (κ1) is 17.3. The minimum atomic E-state index is 0.467. The van der Waals surface area contributed by atoms with Crippen LogP contribution in [0.2, 0.25) is 0 Å². The van der Waals surface area contributed by atoms with Gasteiger partial charge in [-0.15, -0.1) is 0 Å². The quantitative estimate of drug-likeness (QED) is 0.779. The summed E-state index contributed by atoms with van der Waals surface area (Å²) >= 11 is 0. The van der Waals surface area contributed by atoms with Gasteiger partial charge in [-0.25, -0.2) is 0 Å². The number of rotatable bonds is 6. The Morgan fingerprint density at radius 3 is 2.57 bits per heavy atom. The molecule has 2 heteroatoms. The SMILES string of the molecule is CCCNC1C(N2CCCC(CCC)CC2)CCC1(C)C. The summed E-state index contributed by atoms with van der Waals surface area (Å²) < 4.78 is 0. The first-order chi connectivity index (χ1) is 10.1. The van der Waals surface area contributed by atoms with Gasteiger partial charge in [-0.3, -0.25) is 4.90 Å². The van der Waals surface area contributed by atoms with Crippen molar-refractivity contribution in [3.63, 3.8) is 0 Å². The molecule has 1 aliphatic carbocycles. The van der Waals surface area contributed by atoms with Gasteiger partial charge in [0.25, 0.3) is 0 Å². The maximum Gasteiger partial charge on any atom is 0.0274 e. The van der Waals surface area contributed by atoms with Crippen LogP contribution in [0.3, 0.4) is 0 Å². The van der Waals surface area contributed by atoms with Gasteiger partial charge in [-0.2, -0.15) is 0 Å². The van der Waals surface area contributed by atoms with E-state index < -0.39 is 0 Å². The van der Waals surface area contributed by atoms with Gasteiger partial charge in [0.05, 0.1) is 0 Å². The third-order valence-corrected chi connectivity index (χ3v) is 5.97. The number of likely N-dealkylation sites (tertiary alicyclic amines) is 1. The second kappa shape index (κ2) is 7.97. The van der Waals surface area contributed by atoms with Crippen LogP contribution >= 0.6 is 0 Å². The van der Waals surface area contributed by atoms with Gasteiger partial charge in [0, 0.05) is 12.1 Å². The second-order valence-electron chi connectivity index (χ2n) is 8.15. The molecule has 1 saturated heterocycles. The molecule has 0 amide bonds. The molecular formula is C19H38N2. The second-order valence-corrected chi connectivity index (χ2v) is 8.15. The molecule has 0 spiro atoms. The van der Waals surface area contributed by atoms with E-state index in [1.54, 1.807) is 0 Å². The van der Waals surface area contributed by atoms with Crippen LogP contribution in [0.4, 0.5) is 0 Å². The number of nitrogens with one attached hydrogen (secondary N) is 1. The van der Waals surface area contributed by atoms with E-state index in [-0.39, 0.29) is 0 Å². The lowest BCUT2D eigenvalue weighted by molar-refractivity contribution is 0.146. The molecule has 3 atom stereocenters. The molecule has 0 bridgehead atoms. The molecule has 0 radical (unpaired) electrons. The van der Waals surface area contributed by atoms with Gasteiger partial charge in [-0.05, 0) is 69.5 Å². The zero-order valence-electron chi connectivity index (χ0n) is 15.0. The van der Waals surface area contributed by atoms with Crippen LogP contribution in [0.5, 0.6) is 0 Å². The highest BCUT2D eigenvalue weighted by molar-refractivity contribution is 5.01. The fourth-order valence-corrected chi connectivity index (χ4v) is 4.68. The van der Waals surface area contributed by atoms with Gasteiger partial charge in [-0.1, -0.05) is 40.5 Å². The molecule has 2 aliphatic rings. The number of hydrogen-bond donors (Lipinski definition) is 1. The summed E-state index contributed by atoms with van der Waals surface area (Å²) in [5, 5.41) is 3.88. The van der Waals surface area contributed by atoms with Crippen molar-refractivity contribution in [2.45, 2.75) is 91.1 Å². The van der Waals surface area contributed by atoms with Gasteiger partial charge in [0.15, 0.2) is 0 Å². The molecule has 2 rings (SSSR count). The fourth-order valence-electron chi connectivity index (χ4n) is 4.68. The summed E-state index contributed by atoms with van der Waals surface area (Å²) in [5.74, 6) is 0.997. The van der Waals surface area contributed by atoms with Crippen molar-refractivity contribution in [3.05, 3.63) is 0 Å². The molecule has 1 heterocycles. The molecule has 124 valence electrons. The fraction of sp³-hybridized carbons (Fsp3) is 1.00. The molecule has 0 aromatic carbocycles. The van der Waals surface area contributed by atoms with Gasteiger partial charge in [0.1, 0.15) is 0 Å². The van der Waals surface area contributed by atoms with Crippen molar-refractivity contribution >= 4 is 0 Å². The van der Waals surface area contributed by atoms with Crippen molar-refractivity contribution in [3.8, 4) is 0 Å². The maximum absolute atomic E-state index is 3.88. The van der Waals surface area contributed by atoms with Gasteiger partial charge in [0.2, 0.25) is 0 Å². The van der Waals surface area contributed by atoms with E-state index in [1.165, 1.54) is 71.0 Å². The highest BCUT2D eigenvalue weighted by atomic mass is 15.2. The molecule has 0 aromatic rings. The highest BCUT2D eigenvalue weighted by Gasteiger charge is 2.44. The number of hydrogen-bond acceptors (Lipinski definition) is 2. The minimum absolute atomic E-state index is 0.467. The summed E-state index contributed by atoms with van der Waals surface area (Å²) in [6.45, 7) is 13.4. The molecule has 3 unspecified atom stereocenters. The van der Waals surface area contributed by atoms with Crippen molar-refractivity contribution in [2.75, 3.05) is 19.6 Å².